The molecule has 0 spiro atoms. The Labute approximate surface area is 407 Å². The number of halogens is 1. The van der Waals surface area contributed by atoms with Gasteiger partial charge in [-0.3, -0.25) is 19.1 Å². The molecule has 1 aliphatic heterocycles. The molecule has 15 heteroatoms. The Balaban J connectivity index is 0.751. The minimum Gasteiger partial charge on any atom is -0.379 e. The monoisotopic (exact) mass is 945 g/mol. The molecule has 356 valence electrons. The number of hydrogen-bond acceptors (Lipinski definition) is 11. The van der Waals surface area contributed by atoms with Crippen LogP contribution in [0.3, 0.4) is 0 Å². The SMILES string of the molecule is C=CC(=O)n1c(-c2nnc(CNC(=O)c3ccccc3)s2)cc2cc(NC3CCN(Cc4ccc(NCC#Cc5cc6cc(CNC7CCC(N(C)C)CC7)ccc6n5CC)nc4)CC3F)ccc21. The van der Waals surface area contributed by atoms with E-state index in [-0.39, 0.29) is 24.4 Å². The minimum absolute atomic E-state index is 0.196. The maximum atomic E-state index is 15.8. The molecule has 2 fully saturated rings. The molecule has 2 atom stereocenters. The molecular weight excluding hydrogens is 886 g/mol. The van der Waals surface area contributed by atoms with E-state index in [1.54, 1.807) is 16.7 Å². The maximum Gasteiger partial charge on any atom is 0.255 e. The molecule has 13 nitrogen and oxygen atoms in total. The Morgan fingerprint density at radius 2 is 1.71 bits per heavy atom. The van der Waals surface area contributed by atoms with Crippen LogP contribution in [0.2, 0.25) is 0 Å². The summed E-state index contributed by atoms with van der Waals surface area (Å²) in [5.41, 5.74) is 7.07. The second-order valence-electron chi connectivity index (χ2n) is 18.2. The summed E-state index contributed by atoms with van der Waals surface area (Å²) < 4.78 is 19.6. The zero-order valence-electron chi connectivity index (χ0n) is 39.5. The van der Waals surface area contributed by atoms with Gasteiger partial charge in [0.15, 0.2) is 5.01 Å². The minimum atomic E-state index is -1.10. The first-order chi connectivity index (χ1) is 33.6. The number of aryl methyl sites for hydroxylation is 1. The molecule has 5 heterocycles. The summed E-state index contributed by atoms with van der Waals surface area (Å²) in [5.74, 6) is 6.91. The van der Waals surface area contributed by atoms with Gasteiger partial charge in [0.05, 0.1) is 36.0 Å². The Kier molecular flexibility index (Phi) is 14.9. The zero-order chi connectivity index (χ0) is 47.9. The van der Waals surface area contributed by atoms with Crippen LogP contribution in [0.25, 0.3) is 32.5 Å². The van der Waals surface area contributed by atoms with Crippen molar-refractivity contribution in [1.29, 1.82) is 0 Å². The third kappa shape index (κ3) is 11.3. The normalized spacial score (nSPS) is 18.5. The number of carbonyl (C=O) groups excluding carboxylic acids is 2. The molecule has 1 saturated heterocycles. The van der Waals surface area contributed by atoms with Crippen molar-refractivity contribution in [2.75, 3.05) is 44.4 Å². The number of anilines is 2. The number of likely N-dealkylation sites (tertiary alicyclic amines) is 1. The number of aromatic nitrogens is 5. The Hall–Kier alpha value is -6.70. The highest BCUT2D eigenvalue weighted by Crippen LogP contribution is 2.33. The highest BCUT2D eigenvalue weighted by Gasteiger charge is 2.30. The summed E-state index contributed by atoms with van der Waals surface area (Å²) in [6.45, 7) is 9.86. The van der Waals surface area contributed by atoms with E-state index in [1.165, 1.54) is 59.6 Å². The molecule has 0 bridgehead atoms. The van der Waals surface area contributed by atoms with Gasteiger partial charge in [0, 0.05) is 78.5 Å². The number of carbonyl (C=O) groups is 2. The van der Waals surface area contributed by atoms with Gasteiger partial charge in [0.25, 0.3) is 11.8 Å². The van der Waals surface area contributed by atoms with Crippen molar-refractivity contribution in [3.63, 3.8) is 0 Å². The Morgan fingerprint density at radius 1 is 0.913 bits per heavy atom. The van der Waals surface area contributed by atoms with Crippen molar-refractivity contribution >= 4 is 56.5 Å². The third-order valence-corrected chi connectivity index (χ3v) is 14.4. The average molecular weight is 946 g/mol. The zero-order valence-corrected chi connectivity index (χ0v) is 40.4. The predicted octanol–water partition coefficient (Wildman–Crippen LogP) is 8.74. The quantitative estimate of drug-likeness (QED) is 0.0550. The Morgan fingerprint density at radius 3 is 2.46 bits per heavy atom. The molecule has 1 amide bonds. The van der Waals surface area contributed by atoms with Crippen molar-refractivity contribution in [3.8, 4) is 22.5 Å². The standard InChI is InChI=1S/C54H60FN11O2S/c1-5-52(67)66-48-22-18-42(28-40(48)30-49(66)54-62-61-51(69-54)33-59-53(68)38-11-8-7-9-12-38)60-46-24-26-64(35-45(46)55)34-37-15-23-50(58-32-37)56-25-10-13-44-29-39-27-36(14-21-47(39)65(44)6-2)31-57-41-16-19-43(20-17-41)63(3)4/h5,7-9,11-12,14-15,18,21-23,27-30,32,41,43,45-46,57,60H,1,6,16-17,19-20,24-26,31,33-35H2,2-4H3,(H,56,58)(H,59,68). The van der Waals surface area contributed by atoms with E-state index in [9.17, 15) is 9.59 Å². The summed E-state index contributed by atoms with van der Waals surface area (Å²) in [7, 11) is 4.38. The van der Waals surface area contributed by atoms with Gasteiger partial charge in [-0.15, -0.1) is 10.2 Å². The molecule has 69 heavy (non-hydrogen) atoms. The summed E-state index contributed by atoms with van der Waals surface area (Å²) in [4.78, 5) is 34.9. The van der Waals surface area contributed by atoms with Gasteiger partial charge >= 0.3 is 0 Å². The number of fused-ring (bicyclic) bond motifs is 2. The van der Waals surface area contributed by atoms with Crippen LogP contribution in [0.1, 0.15) is 76.0 Å². The van der Waals surface area contributed by atoms with Gasteiger partial charge in [0.2, 0.25) is 0 Å². The Bertz CT molecular complexity index is 2980. The molecule has 1 aliphatic carbocycles. The maximum absolute atomic E-state index is 15.8. The lowest BCUT2D eigenvalue weighted by Gasteiger charge is -2.35. The molecule has 1 saturated carbocycles. The lowest BCUT2D eigenvalue weighted by atomic mass is 9.90. The summed E-state index contributed by atoms with van der Waals surface area (Å²) in [6, 6.07) is 30.4. The lowest BCUT2D eigenvalue weighted by Crippen LogP contribution is -2.47. The highest BCUT2D eigenvalue weighted by atomic mass is 32.1. The molecule has 4 N–H and O–H groups in total. The third-order valence-electron chi connectivity index (χ3n) is 13.4. The number of piperidine rings is 1. The van der Waals surface area contributed by atoms with Gasteiger partial charge in [0.1, 0.15) is 17.0 Å². The fraction of sp³-hybridized carbons (Fsp3) is 0.352. The summed E-state index contributed by atoms with van der Waals surface area (Å²) >= 11 is 1.29. The molecule has 2 aliphatic rings. The molecular formula is C54H60FN11O2S. The number of amides is 1. The van der Waals surface area contributed by atoms with E-state index >= 15 is 4.39 Å². The molecule has 7 aromatic rings. The van der Waals surface area contributed by atoms with Gasteiger partial charge < -0.3 is 30.7 Å². The summed E-state index contributed by atoms with van der Waals surface area (Å²) in [5, 5.41) is 25.2. The highest BCUT2D eigenvalue weighted by molar-refractivity contribution is 7.14. The first-order valence-corrected chi connectivity index (χ1v) is 24.7. The second-order valence-corrected chi connectivity index (χ2v) is 19.3. The van der Waals surface area contributed by atoms with Gasteiger partial charge in [-0.25, -0.2) is 9.37 Å². The van der Waals surface area contributed by atoms with Crippen molar-refractivity contribution in [1.82, 2.24) is 44.7 Å². The molecule has 9 rings (SSSR count). The number of nitrogens with zero attached hydrogens (tertiary/aromatic N) is 7. The molecule has 4 aromatic heterocycles. The number of rotatable bonds is 16. The largest absolute Gasteiger partial charge is 0.379 e. The molecule has 3 aromatic carbocycles. The number of pyridine rings is 1. The van der Waals surface area contributed by atoms with Crippen molar-refractivity contribution in [2.45, 2.75) is 89.5 Å². The second kappa shape index (κ2) is 21.7. The fourth-order valence-electron chi connectivity index (χ4n) is 9.64. The van der Waals surface area contributed by atoms with Crippen LogP contribution >= 0.6 is 11.3 Å². The van der Waals surface area contributed by atoms with Crippen LogP contribution in [-0.2, 0) is 26.2 Å². The van der Waals surface area contributed by atoms with Crippen LogP contribution in [0, 0.1) is 11.8 Å². The molecule has 2 unspecified atom stereocenters. The van der Waals surface area contributed by atoms with Crippen molar-refractivity contribution in [2.24, 2.45) is 0 Å². The van der Waals surface area contributed by atoms with E-state index in [2.05, 4.69) is 115 Å². The number of alkyl halides is 1. The predicted molar refractivity (Wildman–Crippen MR) is 275 cm³/mol. The summed E-state index contributed by atoms with van der Waals surface area (Å²) in [6.07, 6.45) is 7.60. The number of allylic oxidation sites excluding steroid dienone is 1. The van der Waals surface area contributed by atoms with E-state index in [0.717, 1.165) is 47.8 Å². The topological polar surface area (TPSA) is 137 Å². The lowest BCUT2D eigenvalue weighted by molar-refractivity contribution is 0.0948. The van der Waals surface area contributed by atoms with Crippen molar-refractivity contribution < 1.29 is 14.0 Å². The first-order valence-electron chi connectivity index (χ1n) is 23.9. The fourth-order valence-corrected chi connectivity index (χ4v) is 10.4. The van der Waals surface area contributed by atoms with Crippen LogP contribution in [-0.4, -0.2) is 104 Å². The van der Waals surface area contributed by atoms with Gasteiger partial charge in [-0.05, 0) is 137 Å². The first kappa shape index (κ1) is 47.4. The average Bonchev–Trinajstić information content (AvgIpc) is 4.10. The van der Waals surface area contributed by atoms with Crippen LogP contribution in [0.5, 0.6) is 0 Å². The van der Waals surface area contributed by atoms with Crippen LogP contribution in [0.15, 0.2) is 110 Å². The van der Waals surface area contributed by atoms with Crippen LogP contribution in [0.4, 0.5) is 15.9 Å². The van der Waals surface area contributed by atoms with E-state index in [1.807, 2.05) is 60.8 Å². The van der Waals surface area contributed by atoms with E-state index < -0.39 is 6.17 Å². The van der Waals surface area contributed by atoms with Gasteiger partial charge in [-0.1, -0.05) is 54.2 Å². The molecule has 0 radical (unpaired) electrons. The van der Waals surface area contributed by atoms with Gasteiger partial charge in [-0.2, -0.15) is 0 Å². The number of nitrogens with one attached hydrogen (secondary N) is 4. The number of benzene rings is 3. The van der Waals surface area contributed by atoms with Crippen molar-refractivity contribution in [3.05, 3.63) is 137 Å². The smallest absolute Gasteiger partial charge is 0.255 e. The number of hydrogen-bond donors (Lipinski definition) is 4. The van der Waals surface area contributed by atoms with E-state index in [4.69, 9.17) is 0 Å². The van der Waals surface area contributed by atoms with Crippen LogP contribution < -0.4 is 21.3 Å². The van der Waals surface area contributed by atoms with E-state index in [0.29, 0.717) is 64.9 Å².